The molecule has 2 aliphatic rings. The predicted molar refractivity (Wildman–Crippen MR) is 75.7 cm³/mol. The van der Waals surface area contributed by atoms with Crippen molar-refractivity contribution in [1.29, 1.82) is 0 Å². The molecule has 2 rings (SSSR count). The van der Waals surface area contributed by atoms with E-state index in [0.717, 1.165) is 25.3 Å². The molecule has 0 spiro atoms. The second kappa shape index (κ2) is 5.89. The van der Waals surface area contributed by atoms with E-state index in [0.29, 0.717) is 11.6 Å². The molecule has 2 N–H and O–H groups in total. The summed E-state index contributed by atoms with van der Waals surface area (Å²) in [5.74, 6) is 0.830. The maximum atomic E-state index is 9.92. The van der Waals surface area contributed by atoms with E-state index in [2.05, 4.69) is 31.2 Å². The zero-order chi connectivity index (χ0) is 13.2. The largest absolute Gasteiger partial charge is 0.392 e. The molecule has 0 heterocycles. The highest BCUT2D eigenvalue weighted by molar-refractivity contribution is 4.96. The SMILES string of the molecule is CC1CCCC(CN[C@H]2CCC[C@@H]2O)(N(C)C)C1. The van der Waals surface area contributed by atoms with Crippen LogP contribution in [0.2, 0.25) is 0 Å². The normalized spacial score (nSPS) is 41.5. The number of aliphatic hydroxyl groups excluding tert-OH is 1. The summed E-state index contributed by atoms with van der Waals surface area (Å²) in [6, 6.07) is 0.332. The number of nitrogens with zero attached hydrogens (tertiary/aromatic N) is 1. The predicted octanol–water partition coefficient (Wildman–Crippen LogP) is 2.00. The summed E-state index contributed by atoms with van der Waals surface area (Å²) < 4.78 is 0. The van der Waals surface area contributed by atoms with Gasteiger partial charge >= 0.3 is 0 Å². The maximum absolute atomic E-state index is 9.92. The molecule has 3 heteroatoms. The van der Waals surface area contributed by atoms with Crippen molar-refractivity contribution in [1.82, 2.24) is 10.2 Å². The summed E-state index contributed by atoms with van der Waals surface area (Å²) in [4.78, 5) is 2.41. The molecule has 2 unspecified atom stereocenters. The van der Waals surface area contributed by atoms with Gasteiger partial charge in [0.05, 0.1) is 6.10 Å². The van der Waals surface area contributed by atoms with Crippen LogP contribution >= 0.6 is 0 Å². The first-order valence-corrected chi connectivity index (χ1v) is 7.62. The quantitative estimate of drug-likeness (QED) is 0.805. The Bertz CT molecular complexity index is 269. The number of likely N-dealkylation sites (N-methyl/N-ethyl adjacent to an activating group) is 1. The van der Waals surface area contributed by atoms with Gasteiger partial charge in [-0.15, -0.1) is 0 Å². The lowest BCUT2D eigenvalue weighted by molar-refractivity contribution is 0.0638. The number of rotatable bonds is 4. The summed E-state index contributed by atoms with van der Waals surface area (Å²) in [5.41, 5.74) is 0.306. The minimum atomic E-state index is -0.120. The monoisotopic (exact) mass is 254 g/mol. The highest BCUT2D eigenvalue weighted by atomic mass is 16.3. The van der Waals surface area contributed by atoms with Gasteiger partial charge in [-0.1, -0.05) is 19.8 Å². The first-order chi connectivity index (χ1) is 8.53. The summed E-state index contributed by atoms with van der Waals surface area (Å²) in [7, 11) is 4.43. The van der Waals surface area contributed by atoms with Crippen LogP contribution in [0.5, 0.6) is 0 Å². The first-order valence-electron chi connectivity index (χ1n) is 7.62. The van der Waals surface area contributed by atoms with Gasteiger partial charge in [-0.2, -0.15) is 0 Å². The Hall–Kier alpha value is -0.120. The van der Waals surface area contributed by atoms with Gasteiger partial charge in [-0.3, -0.25) is 0 Å². The van der Waals surface area contributed by atoms with Crippen molar-refractivity contribution in [2.24, 2.45) is 5.92 Å². The minimum Gasteiger partial charge on any atom is -0.392 e. The van der Waals surface area contributed by atoms with Gasteiger partial charge in [0.1, 0.15) is 0 Å². The van der Waals surface area contributed by atoms with E-state index in [1.165, 1.54) is 32.1 Å². The molecule has 3 nitrogen and oxygen atoms in total. The van der Waals surface area contributed by atoms with E-state index in [4.69, 9.17) is 0 Å². The fraction of sp³-hybridized carbons (Fsp3) is 1.00. The van der Waals surface area contributed by atoms with Crippen molar-refractivity contribution in [3.63, 3.8) is 0 Å². The van der Waals surface area contributed by atoms with Crippen molar-refractivity contribution in [2.75, 3.05) is 20.6 Å². The van der Waals surface area contributed by atoms with Gasteiger partial charge < -0.3 is 15.3 Å². The molecular weight excluding hydrogens is 224 g/mol. The van der Waals surface area contributed by atoms with Crippen molar-refractivity contribution in [3.05, 3.63) is 0 Å². The second-order valence-electron chi connectivity index (χ2n) is 6.81. The van der Waals surface area contributed by atoms with Crippen LogP contribution in [0, 0.1) is 5.92 Å². The summed E-state index contributed by atoms with van der Waals surface area (Å²) in [6.07, 6.45) is 8.46. The molecule has 4 atom stereocenters. The Kier molecular flexibility index (Phi) is 4.68. The number of aliphatic hydroxyl groups is 1. The Balaban J connectivity index is 1.93. The lowest BCUT2D eigenvalue weighted by Gasteiger charge is -2.46. The van der Waals surface area contributed by atoms with E-state index in [-0.39, 0.29) is 6.10 Å². The van der Waals surface area contributed by atoms with E-state index in [1.807, 2.05) is 0 Å². The maximum Gasteiger partial charge on any atom is 0.0693 e. The summed E-state index contributed by atoms with van der Waals surface area (Å²) in [6.45, 7) is 3.41. The Morgan fingerprint density at radius 3 is 2.56 bits per heavy atom. The lowest BCUT2D eigenvalue weighted by atomic mass is 9.75. The van der Waals surface area contributed by atoms with Gasteiger partial charge in [-0.25, -0.2) is 0 Å². The zero-order valence-corrected chi connectivity index (χ0v) is 12.3. The van der Waals surface area contributed by atoms with Crippen molar-refractivity contribution < 1.29 is 5.11 Å². The molecule has 0 amide bonds. The molecule has 18 heavy (non-hydrogen) atoms. The average Bonchev–Trinajstić information content (AvgIpc) is 2.72. The Morgan fingerprint density at radius 1 is 1.22 bits per heavy atom. The molecule has 0 aromatic heterocycles. The third kappa shape index (κ3) is 3.06. The van der Waals surface area contributed by atoms with Gasteiger partial charge in [-0.05, 0) is 52.1 Å². The van der Waals surface area contributed by atoms with Crippen LogP contribution < -0.4 is 5.32 Å². The number of hydrogen-bond donors (Lipinski definition) is 2. The van der Waals surface area contributed by atoms with Crippen molar-refractivity contribution in [3.8, 4) is 0 Å². The zero-order valence-electron chi connectivity index (χ0n) is 12.3. The van der Waals surface area contributed by atoms with Crippen LogP contribution in [0.1, 0.15) is 51.9 Å². The van der Waals surface area contributed by atoms with Crippen LogP contribution in [-0.2, 0) is 0 Å². The van der Waals surface area contributed by atoms with E-state index < -0.39 is 0 Å². The molecule has 0 radical (unpaired) electrons. The molecule has 106 valence electrons. The second-order valence-corrected chi connectivity index (χ2v) is 6.81. The lowest BCUT2D eigenvalue weighted by Crippen LogP contribution is -2.56. The molecule has 0 saturated heterocycles. The van der Waals surface area contributed by atoms with Crippen molar-refractivity contribution in [2.45, 2.75) is 69.6 Å². The smallest absolute Gasteiger partial charge is 0.0693 e. The highest BCUT2D eigenvalue weighted by Crippen LogP contribution is 2.35. The van der Waals surface area contributed by atoms with Crippen LogP contribution in [0.15, 0.2) is 0 Å². The fourth-order valence-electron chi connectivity index (χ4n) is 3.86. The molecule has 0 aromatic rings. The van der Waals surface area contributed by atoms with E-state index in [9.17, 15) is 5.11 Å². The first kappa shape index (κ1) is 14.3. The molecular formula is C15H30N2O. The van der Waals surface area contributed by atoms with Gasteiger partial charge in [0, 0.05) is 18.1 Å². The Labute approximate surface area is 112 Å². The van der Waals surface area contributed by atoms with Crippen LogP contribution in [0.25, 0.3) is 0 Å². The molecule has 0 bridgehead atoms. The summed E-state index contributed by atoms with van der Waals surface area (Å²) in [5, 5.41) is 13.6. The topological polar surface area (TPSA) is 35.5 Å². The fourth-order valence-corrected chi connectivity index (χ4v) is 3.86. The molecule has 2 saturated carbocycles. The molecule has 2 aliphatic carbocycles. The number of hydrogen-bond acceptors (Lipinski definition) is 3. The van der Waals surface area contributed by atoms with E-state index in [1.54, 1.807) is 0 Å². The van der Waals surface area contributed by atoms with Crippen LogP contribution in [0.4, 0.5) is 0 Å². The number of nitrogens with one attached hydrogen (secondary N) is 1. The van der Waals surface area contributed by atoms with Crippen molar-refractivity contribution >= 4 is 0 Å². The van der Waals surface area contributed by atoms with Gasteiger partial charge in [0.25, 0.3) is 0 Å². The minimum absolute atomic E-state index is 0.120. The third-order valence-corrected chi connectivity index (χ3v) is 5.19. The van der Waals surface area contributed by atoms with Gasteiger partial charge in [0.15, 0.2) is 0 Å². The molecule has 0 aliphatic heterocycles. The summed E-state index contributed by atoms with van der Waals surface area (Å²) >= 11 is 0. The van der Waals surface area contributed by atoms with Gasteiger partial charge in [0.2, 0.25) is 0 Å². The standard InChI is InChI=1S/C15H30N2O/c1-12-6-5-9-15(10-12,17(2)3)11-16-13-7-4-8-14(13)18/h12-14,16,18H,4-11H2,1-3H3/t12?,13-,14-,15?/m0/s1. The molecule has 2 fully saturated rings. The highest BCUT2D eigenvalue weighted by Gasteiger charge is 2.38. The van der Waals surface area contributed by atoms with Crippen LogP contribution in [0.3, 0.4) is 0 Å². The Morgan fingerprint density at radius 2 is 2.00 bits per heavy atom. The van der Waals surface area contributed by atoms with Crippen LogP contribution in [-0.4, -0.2) is 48.3 Å². The average molecular weight is 254 g/mol. The third-order valence-electron chi connectivity index (χ3n) is 5.19. The molecule has 0 aromatic carbocycles. The van der Waals surface area contributed by atoms with E-state index >= 15 is 0 Å².